The third kappa shape index (κ3) is 4.71. The number of hydrogen-bond acceptors (Lipinski definition) is 4. The Morgan fingerprint density at radius 3 is 2.53 bits per heavy atom. The number of nitrogens with one attached hydrogen (secondary N) is 2. The van der Waals surface area contributed by atoms with Crippen molar-refractivity contribution < 1.29 is 18.0 Å². The molecule has 2 N–H and O–H groups in total. The molecule has 2 amide bonds. The summed E-state index contributed by atoms with van der Waals surface area (Å²) in [5.74, 6) is -0.323. The average Bonchev–Trinajstić information content (AvgIpc) is 3.10. The standard InChI is InChI=1S/C22H27N3O4S/c1-14(2)22(27)25-10-9-18-12-17(6-8-20(18)25)13-23-30(28,29)21-11-15(3)5-7-19(21)24-16(4)26/h5-8,11-12,14,23H,9-10,13H2,1-4H3,(H,24,26). The van der Waals surface area contributed by atoms with Gasteiger partial charge in [-0.15, -0.1) is 0 Å². The molecule has 1 heterocycles. The van der Waals surface area contributed by atoms with Crippen molar-refractivity contribution in [2.24, 2.45) is 5.92 Å². The van der Waals surface area contributed by atoms with Crippen LogP contribution in [-0.4, -0.2) is 26.8 Å². The summed E-state index contributed by atoms with van der Waals surface area (Å²) < 4.78 is 28.4. The van der Waals surface area contributed by atoms with Crippen LogP contribution in [0.25, 0.3) is 0 Å². The molecule has 0 atom stereocenters. The Bertz CT molecular complexity index is 1090. The molecule has 2 aromatic rings. The van der Waals surface area contributed by atoms with Gasteiger partial charge in [0.25, 0.3) is 0 Å². The first-order valence-electron chi connectivity index (χ1n) is 9.89. The molecule has 0 spiro atoms. The molecule has 1 aliphatic rings. The molecule has 2 aromatic carbocycles. The van der Waals surface area contributed by atoms with Gasteiger partial charge >= 0.3 is 0 Å². The molecule has 8 heteroatoms. The van der Waals surface area contributed by atoms with Crippen LogP contribution >= 0.6 is 0 Å². The number of anilines is 2. The zero-order valence-corrected chi connectivity index (χ0v) is 18.5. The molecule has 7 nitrogen and oxygen atoms in total. The van der Waals surface area contributed by atoms with Gasteiger partial charge in [0.15, 0.2) is 0 Å². The van der Waals surface area contributed by atoms with Gasteiger partial charge in [-0.25, -0.2) is 13.1 Å². The fourth-order valence-electron chi connectivity index (χ4n) is 3.51. The first-order valence-corrected chi connectivity index (χ1v) is 11.4. The van der Waals surface area contributed by atoms with Crippen LogP contribution in [0.15, 0.2) is 41.3 Å². The predicted molar refractivity (Wildman–Crippen MR) is 117 cm³/mol. The number of fused-ring (bicyclic) bond motifs is 1. The van der Waals surface area contributed by atoms with Crippen LogP contribution < -0.4 is 14.9 Å². The number of carbonyl (C=O) groups is 2. The third-order valence-electron chi connectivity index (χ3n) is 5.00. The summed E-state index contributed by atoms with van der Waals surface area (Å²) in [6, 6.07) is 10.5. The molecule has 0 saturated carbocycles. The molecular formula is C22H27N3O4S. The first kappa shape index (κ1) is 22.0. The van der Waals surface area contributed by atoms with Gasteiger partial charge < -0.3 is 10.2 Å². The molecule has 0 saturated heterocycles. The number of hydrogen-bond donors (Lipinski definition) is 2. The molecule has 30 heavy (non-hydrogen) atoms. The van der Waals surface area contributed by atoms with Crippen molar-refractivity contribution in [1.29, 1.82) is 0 Å². The SMILES string of the molecule is CC(=O)Nc1ccc(C)cc1S(=O)(=O)NCc1ccc2c(c1)CCN2C(=O)C(C)C. The van der Waals surface area contributed by atoms with Crippen LogP contribution in [0.5, 0.6) is 0 Å². The van der Waals surface area contributed by atoms with Crippen LogP contribution in [-0.2, 0) is 32.6 Å². The number of aryl methyl sites for hydroxylation is 1. The lowest BCUT2D eigenvalue weighted by atomic mass is 10.1. The second-order valence-electron chi connectivity index (χ2n) is 7.86. The van der Waals surface area contributed by atoms with E-state index in [9.17, 15) is 18.0 Å². The lowest BCUT2D eigenvalue weighted by Crippen LogP contribution is -2.32. The summed E-state index contributed by atoms with van der Waals surface area (Å²) >= 11 is 0. The van der Waals surface area contributed by atoms with Crippen LogP contribution in [0.4, 0.5) is 11.4 Å². The van der Waals surface area contributed by atoms with Crippen molar-refractivity contribution in [3.63, 3.8) is 0 Å². The van der Waals surface area contributed by atoms with Crippen molar-refractivity contribution in [1.82, 2.24) is 4.72 Å². The minimum absolute atomic E-state index is 0.0348. The van der Waals surface area contributed by atoms with Crippen LogP contribution in [0.3, 0.4) is 0 Å². The Morgan fingerprint density at radius 1 is 1.13 bits per heavy atom. The second kappa shape index (κ2) is 8.57. The van der Waals surface area contributed by atoms with E-state index in [1.54, 1.807) is 24.0 Å². The lowest BCUT2D eigenvalue weighted by Gasteiger charge is -2.19. The monoisotopic (exact) mass is 429 g/mol. The number of nitrogens with zero attached hydrogens (tertiary/aromatic N) is 1. The van der Waals surface area contributed by atoms with Crippen molar-refractivity contribution in [3.8, 4) is 0 Å². The van der Waals surface area contributed by atoms with Crippen LogP contribution in [0.1, 0.15) is 37.5 Å². The minimum Gasteiger partial charge on any atom is -0.325 e. The van der Waals surface area contributed by atoms with Gasteiger partial charge in [-0.3, -0.25) is 9.59 Å². The number of benzene rings is 2. The molecular weight excluding hydrogens is 402 g/mol. The minimum atomic E-state index is -3.84. The van der Waals surface area contributed by atoms with Gasteiger partial charge in [-0.05, 0) is 48.2 Å². The summed E-state index contributed by atoms with van der Waals surface area (Å²) in [5, 5.41) is 2.57. The van der Waals surface area contributed by atoms with E-state index in [1.165, 1.54) is 13.0 Å². The van der Waals surface area contributed by atoms with Crippen molar-refractivity contribution in [3.05, 3.63) is 53.1 Å². The summed E-state index contributed by atoms with van der Waals surface area (Å²) in [6.45, 7) is 7.64. The van der Waals surface area contributed by atoms with Crippen LogP contribution in [0, 0.1) is 12.8 Å². The number of rotatable bonds is 6. The summed E-state index contributed by atoms with van der Waals surface area (Å²) in [6.07, 6.45) is 0.749. The highest BCUT2D eigenvalue weighted by Gasteiger charge is 2.26. The van der Waals surface area contributed by atoms with Crippen molar-refractivity contribution in [2.75, 3.05) is 16.8 Å². The topological polar surface area (TPSA) is 95.6 Å². The fourth-order valence-corrected chi connectivity index (χ4v) is 4.77. The number of sulfonamides is 1. The van der Waals surface area contributed by atoms with E-state index in [2.05, 4.69) is 10.0 Å². The van der Waals surface area contributed by atoms with E-state index in [4.69, 9.17) is 0 Å². The molecule has 0 unspecified atom stereocenters. The molecule has 0 fully saturated rings. The quantitative estimate of drug-likeness (QED) is 0.738. The Kier molecular flexibility index (Phi) is 6.28. The third-order valence-corrected chi connectivity index (χ3v) is 6.44. The largest absolute Gasteiger partial charge is 0.325 e. The first-order chi connectivity index (χ1) is 14.1. The highest BCUT2D eigenvalue weighted by Crippen LogP contribution is 2.30. The summed E-state index contributed by atoms with van der Waals surface area (Å²) in [4.78, 5) is 25.6. The molecule has 0 aromatic heterocycles. The maximum Gasteiger partial charge on any atom is 0.242 e. The zero-order chi connectivity index (χ0) is 22.1. The summed E-state index contributed by atoms with van der Waals surface area (Å²) in [7, 11) is -3.84. The second-order valence-corrected chi connectivity index (χ2v) is 9.60. The highest BCUT2D eigenvalue weighted by atomic mass is 32.2. The molecule has 0 radical (unpaired) electrons. The van der Waals surface area contributed by atoms with E-state index in [-0.39, 0.29) is 34.9 Å². The van der Waals surface area contributed by atoms with E-state index in [1.807, 2.05) is 32.0 Å². The Labute approximate surface area is 177 Å². The fraction of sp³-hybridized carbons (Fsp3) is 0.364. The molecule has 1 aliphatic heterocycles. The normalized spacial score (nSPS) is 13.4. The Balaban J connectivity index is 1.79. The van der Waals surface area contributed by atoms with Gasteiger partial charge in [0.2, 0.25) is 21.8 Å². The van der Waals surface area contributed by atoms with E-state index in [0.717, 1.165) is 28.8 Å². The van der Waals surface area contributed by atoms with Gasteiger partial charge in [-0.2, -0.15) is 0 Å². The van der Waals surface area contributed by atoms with Crippen molar-refractivity contribution in [2.45, 2.75) is 45.6 Å². The van der Waals surface area contributed by atoms with E-state index < -0.39 is 10.0 Å². The van der Waals surface area contributed by atoms with Gasteiger partial charge in [0, 0.05) is 31.6 Å². The summed E-state index contributed by atoms with van der Waals surface area (Å²) in [5.41, 5.74) is 3.77. The van der Waals surface area contributed by atoms with E-state index >= 15 is 0 Å². The Morgan fingerprint density at radius 2 is 1.87 bits per heavy atom. The van der Waals surface area contributed by atoms with Gasteiger partial charge in [-0.1, -0.05) is 32.0 Å². The van der Waals surface area contributed by atoms with E-state index in [0.29, 0.717) is 6.54 Å². The van der Waals surface area contributed by atoms with Crippen molar-refractivity contribution >= 4 is 33.2 Å². The molecule has 0 bridgehead atoms. The predicted octanol–water partition coefficient (Wildman–Crippen LogP) is 2.98. The smallest absolute Gasteiger partial charge is 0.242 e. The molecule has 160 valence electrons. The number of amides is 2. The lowest BCUT2D eigenvalue weighted by molar-refractivity contribution is -0.121. The maximum atomic E-state index is 12.9. The zero-order valence-electron chi connectivity index (χ0n) is 17.7. The highest BCUT2D eigenvalue weighted by molar-refractivity contribution is 7.89. The van der Waals surface area contributed by atoms with Gasteiger partial charge in [0.1, 0.15) is 4.90 Å². The maximum absolute atomic E-state index is 12.9. The Hall–Kier alpha value is -2.71. The molecule has 0 aliphatic carbocycles. The van der Waals surface area contributed by atoms with Gasteiger partial charge in [0.05, 0.1) is 5.69 Å². The molecule has 3 rings (SSSR count). The van der Waals surface area contributed by atoms with Crippen LogP contribution in [0.2, 0.25) is 0 Å². The number of carbonyl (C=O) groups excluding carboxylic acids is 2. The average molecular weight is 430 g/mol.